The van der Waals surface area contributed by atoms with Crippen LogP contribution in [0.15, 0.2) is 37.1 Å². The fraction of sp³-hybridized carbons (Fsp3) is 0.292. The number of aromatic amines is 1. The highest BCUT2D eigenvalue weighted by Crippen LogP contribution is 2.37. The van der Waals surface area contributed by atoms with Crippen LogP contribution in [0.3, 0.4) is 0 Å². The van der Waals surface area contributed by atoms with Gasteiger partial charge >= 0.3 is 12.1 Å². The highest BCUT2D eigenvalue weighted by molar-refractivity contribution is 6.29. The summed E-state index contributed by atoms with van der Waals surface area (Å²) in [6, 6.07) is 5.14. The van der Waals surface area contributed by atoms with Gasteiger partial charge in [0, 0.05) is 48.4 Å². The van der Waals surface area contributed by atoms with Gasteiger partial charge in [-0.25, -0.2) is 24.1 Å². The molecule has 1 saturated heterocycles. The Bertz CT molecular complexity index is 1600. The van der Waals surface area contributed by atoms with Gasteiger partial charge in [-0.1, -0.05) is 11.6 Å². The predicted octanol–water partition coefficient (Wildman–Crippen LogP) is 4.19. The zero-order valence-corrected chi connectivity index (χ0v) is 21.6. The lowest BCUT2D eigenvalue weighted by Crippen LogP contribution is -2.26. The summed E-state index contributed by atoms with van der Waals surface area (Å²) in [5, 5.41) is 24.3. The van der Waals surface area contributed by atoms with Crippen molar-refractivity contribution in [3.63, 3.8) is 0 Å². The second-order valence-electron chi connectivity index (χ2n) is 8.79. The molecular formula is C24H20ClF4N9O3. The van der Waals surface area contributed by atoms with Crippen molar-refractivity contribution in [1.29, 1.82) is 5.26 Å². The number of alkyl halides is 3. The van der Waals surface area contributed by atoms with Crippen molar-refractivity contribution in [2.75, 3.05) is 23.3 Å². The third kappa shape index (κ3) is 6.52. The largest absolute Gasteiger partial charge is 0.490 e. The van der Waals surface area contributed by atoms with Crippen LogP contribution >= 0.6 is 11.6 Å². The number of rotatable bonds is 7. The molecule has 0 bridgehead atoms. The minimum Gasteiger partial charge on any atom is -0.475 e. The van der Waals surface area contributed by atoms with Gasteiger partial charge in [0.1, 0.15) is 12.0 Å². The van der Waals surface area contributed by atoms with E-state index in [4.69, 9.17) is 21.5 Å². The van der Waals surface area contributed by atoms with E-state index in [9.17, 15) is 27.6 Å². The molecule has 0 radical (unpaired) electrons. The molecule has 1 amide bonds. The van der Waals surface area contributed by atoms with Gasteiger partial charge in [-0.2, -0.15) is 23.5 Å². The highest BCUT2D eigenvalue weighted by Gasteiger charge is 2.38. The van der Waals surface area contributed by atoms with Gasteiger partial charge < -0.3 is 20.3 Å². The Hall–Kier alpha value is -4.78. The molecule has 0 spiro atoms. The van der Waals surface area contributed by atoms with Crippen LogP contribution in [0.4, 0.5) is 29.1 Å². The normalized spacial score (nSPS) is 15.6. The maximum Gasteiger partial charge on any atom is 0.490 e. The fourth-order valence-electron chi connectivity index (χ4n) is 4.48. The molecule has 0 aromatic carbocycles. The standard InChI is InChI=1S/C22H19ClFN9O.C2HF3O2/c23-20-16(24)7-17(29-12-34)22(31-20)32-6-3-13(9-32)18(1-4-25)33-10-14(8-30-33)19-15-2-5-26-21(15)28-11-27-19;3-2(4,5)1(6)7/h2,5,7-8,10-13,18H,1,3,6,9H2,(H,29,34)(H,26,27,28);(H,6,7)/t13-,18-;/m0./s1. The van der Waals surface area contributed by atoms with Crippen LogP contribution in [0.1, 0.15) is 18.9 Å². The molecule has 1 aliphatic heterocycles. The number of H-pyrrole nitrogens is 1. The summed E-state index contributed by atoms with van der Waals surface area (Å²) in [5.41, 5.74) is 2.57. The molecule has 4 aromatic rings. The Morgan fingerprint density at radius 2 is 2.15 bits per heavy atom. The number of carbonyl (C=O) groups is 2. The zero-order chi connectivity index (χ0) is 29.7. The van der Waals surface area contributed by atoms with Crippen LogP contribution in [0.2, 0.25) is 5.15 Å². The maximum absolute atomic E-state index is 13.9. The lowest BCUT2D eigenvalue weighted by atomic mass is 9.96. The molecule has 2 atom stereocenters. The first-order valence-corrected chi connectivity index (χ1v) is 12.2. The molecule has 17 heteroatoms. The number of fused-ring (bicyclic) bond motifs is 1. The van der Waals surface area contributed by atoms with E-state index in [1.807, 2.05) is 28.0 Å². The lowest BCUT2D eigenvalue weighted by Gasteiger charge is -2.24. The number of anilines is 2. The number of nitriles is 1. The molecule has 214 valence electrons. The molecule has 41 heavy (non-hydrogen) atoms. The number of aliphatic carboxylic acids is 1. The second-order valence-corrected chi connectivity index (χ2v) is 9.15. The number of pyridine rings is 1. The van der Waals surface area contributed by atoms with Crippen molar-refractivity contribution in [3.8, 4) is 17.3 Å². The van der Waals surface area contributed by atoms with Crippen LogP contribution in [-0.2, 0) is 9.59 Å². The minimum absolute atomic E-state index is 0.0692. The van der Waals surface area contributed by atoms with E-state index in [1.54, 1.807) is 6.20 Å². The zero-order valence-electron chi connectivity index (χ0n) is 20.8. The van der Waals surface area contributed by atoms with Gasteiger partial charge in [0.25, 0.3) is 0 Å². The SMILES string of the molecule is N#CC[C@@H]([C@H]1CCN(c2nc(Cl)c(F)cc2NC=O)C1)n1cc(-c2ncnc3[nH]ccc23)cn1.O=C(O)C(F)(F)F. The third-order valence-corrected chi connectivity index (χ3v) is 6.57. The Balaban J connectivity index is 0.000000493. The van der Waals surface area contributed by atoms with Crippen molar-refractivity contribution in [2.24, 2.45) is 5.92 Å². The van der Waals surface area contributed by atoms with Crippen LogP contribution < -0.4 is 10.2 Å². The van der Waals surface area contributed by atoms with Crippen molar-refractivity contribution < 1.29 is 32.3 Å². The van der Waals surface area contributed by atoms with Gasteiger partial charge in [-0.3, -0.25) is 9.48 Å². The average molecular weight is 594 g/mol. The van der Waals surface area contributed by atoms with Crippen molar-refractivity contribution >= 4 is 46.5 Å². The summed E-state index contributed by atoms with van der Waals surface area (Å²) in [7, 11) is 0. The summed E-state index contributed by atoms with van der Waals surface area (Å²) in [6.45, 7) is 1.15. The van der Waals surface area contributed by atoms with Gasteiger partial charge in [0.2, 0.25) is 6.41 Å². The number of carbonyl (C=O) groups excluding carboxylic acids is 1. The topological polar surface area (TPSA) is 166 Å². The van der Waals surface area contributed by atoms with E-state index in [2.05, 4.69) is 36.4 Å². The Morgan fingerprint density at radius 3 is 2.83 bits per heavy atom. The average Bonchev–Trinajstić information content (AvgIpc) is 3.70. The molecule has 1 aliphatic rings. The summed E-state index contributed by atoms with van der Waals surface area (Å²) < 4.78 is 47.4. The first-order valence-electron chi connectivity index (χ1n) is 11.8. The molecule has 0 saturated carbocycles. The summed E-state index contributed by atoms with van der Waals surface area (Å²) in [4.78, 5) is 37.7. The molecule has 4 aromatic heterocycles. The van der Waals surface area contributed by atoms with Crippen molar-refractivity contribution in [1.82, 2.24) is 29.7 Å². The summed E-state index contributed by atoms with van der Waals surface area (Å²) >= 11 is 5.90. The van der Waals surface area contributed by atoms with Crippen LogP contribution in [0.5, 0.6) is 0 Å². The van der Waals surface area contributed by atoms with E-state index >= 15 is 0 Å². The van der Waals surface area contributed by atoms with E-state index < -0.39 is 18.0 Å². The van der Waals surface area contributed by atoms with E-state index in [1.165, 1.54) is 6.33 Å². The quantitative estimate of drug-likeness (QED) is 0.162. The number of aromatic nitrogens is 6. The molecule has 5 rings (SSSR count). The Morgan fingerprint density at radius 1 is 1.39 bits per heavy atom. The number of nitrogens with one attached hydrogen (secondary N) is 2. The first-order chi connectivity index (χ1) is 19.5. The minimum atomic E-state index is -5.08. The van der Waals surface area contributed by atoms with Gasteiger partial charge in [0.15, 0.2) is 16.8 Å². The van der Waals surface area contributed by atoms with Crippen LogP contribution in [0, 0.1) is 23.1 Å². The van der Waals surface area contributed by atoms with Crippen LogP contribution in [-0.4, -0.2) is 66.5 Å². The molecular weight excluding hydrogens is 574 g/mol. The number of carboxylic acids is 1. The smallest absolute Gasteiger partial charge is 0.475 e. The highest BCUT2D eigenvalue weighted by atomic mass is 35.5. The summed E-state index contributed by atoms with van der Waals surface area (Å²) in [5.74, 6) is -3.00. The van der Waals surface area contributed by atoms with Crippen LogP contribution in [0.25, 0.3) is 22.3 Å². The second kappa shape index (κ2) is 12.2. The number of hydrogen-bond acceptors (Lipinski definition) is 8. The van der Waals surface area contributed by atoms with E-state index in [-0.39, 0.29) is 29.2 Å². The van der Waals surface area contributed by atoms with Crippen molar-refractivity contribution in [2.45, 2.75) is 25.1 Å². The first kappa shape index (κ1) is 29.2. The monoisotopic (exact) mass is 593 g/mol. The van der Waals surface area contributed by atoms with Gasteiger partial charge in [-0.15, -0.1) is 0 Å². The maximum atomic E-state index is 13.9. The molecule has 0 aliphatic carbocycles. The van der Waals surface area contributed by atoms with E-state index in [0.29, 0.717) is 25.3 Å². The number of halogens is 5. The summed E-state index contributed by atoms with van der Waals surface area (Å²) in [6.07, 6.45) is 3.35. The Kier molecular flexibility index (Phi) is 8.67. The predicted molar refractivity (Wildman–Crippen MR) is 137 cm³/mol. The third-order valence-electron chi connectivity index (χ3n) is 6.31. The molecule has 3 N–H and O–H groups in total. The van der Waals surface area contributed by atoms with Gasteiger partial charge in [-0.05, 0) is 12.5 Å². The molecule has 1 fully saturated rings. The van der Waals surface area contributed by atoms with Gasteiger partial charge in [0.05, 0.1) is 36.1 Å². The fourth-order valence-corrected chi connectivity index (χ4v) is 4.61. The Labute approximate surface area is 233 Å². The van der Waals surface area contributed by atoms with Crippen molar-refractivity contribution in [3.05, 3.63) is 48.0 Å². The molecule has 0 unspecified atom stereocenters. The van der Waals surface area contributed by atoms with E-state index in [0.717, 1.165) is 34.8 Å². The molecule has 12 nitrogen and oxygen atoms in total. The molecule has 5 heterocycles. The lowest BCUT2D eigenvalue weighted by molar-refractivity contribution is -0.192. The number of amides is 1. The number of nitrogens with zero attached hydrogens (tertiary/aromatic N) is 7. The number of hydrogen-bond donors (Lipinski definition) is 3. The number of carboxylic acid groups (broad SMARTS) is 1.